The number of aromatic nitrogens is 2. The van der Waals surface area contributed by atoms with Gasteiger partial charge in [-0.3, -0.25) is 4.79 Å². The van der Waals surface area contributed by atoms with Gasteiger partial charge in [0.05, 0.1) is 6.33 Å². The first-order valence-corrected chi connectivity index (χ1v) is 9.83. The van der Waals surface area contributed by atoms with Crippen LogP contribution in [-0.2, 0) is 6.54 Å². The van der Waals surface area contributed by atoms with Gasteiger partial charge in [-0.05, 0) is 42.3 Å². The molecule has 4 rings (SSSR count). The summed E-state index contributed by atoms with van der Waals surface area (Å²) >= 11 is 6.16. The van der Waals surface area contributed by atoms with Gasteiger partial charge in [0.25, 0.3) is 5.91 Å². The van der Waals surface area contributed by atoms with E-state index in [1.807, 2.05) is 58.1 Å². The van der Waals surface area contributed by atoms with E-state index in [9.17, 15) is 4.79 Å². The van der Waals surface area contributed by atoms with Gasteiger partial charge >= 0.3 is 0 Å². The van der Waals surface area contributed by atoms with Crippen LogP contribution in [0.2, 0.25) is 5.02 Å². The summed E-state index contributed by atoms with van der Waals surface area (Å²) in [4.78, 5) is 21.2. The Morgan fingerprint density at radius 1 is 1.07 bits per heavy atom. The topological polar surface area (TPSA) is 41.4 Å². The van der Waals surface area contributed by atoms with Crippen LogP contribution in [0.15, 0.2) is 61.2 Å². The standard InChI is InChI=1S/C22H23ClN4O/c1-17-2-7-20(23)14-21(17)26-10-12-27(13-11-26)22(28)19-5-3-18(4-6-19)15-25-9-8-24-16-25/h2-9,14,16H,10-13,15H2,1H3. The fraction of sp³-hybridized carbons (Fsp3) is 0.273. The van der Waals surface area contributed by atoms with Gasteiger partial charge in [-0.25, -0.2) is 4.98 Å². The number of hydrogen-bond donors (Lipinski definition) is 0. The zero-order valence-electron chi connectivity index (χ0n) is 15.9. The predicted octanol–water partition coefficient (Wildman–Crippen LogP) is 3.86. The second kappa shape index (κ2) is 8.07. The van der Waals surface area contributed by atoms with Crippen molar-refractivity contribution in [3.8, 4) is 0 Å². The molecule has 1 aliphatic heterocycles. The summed E-state index contributed by atoms with van der Waals surface area (Å²) in [6.45, 7) is 5.89. The van der Waals surface area contributed by atoms with Crippen LogP contribution in [0, 0.1) is 6.92 Å². The number of carbonyl (C=O) groups excluding carboxylic acids is 1. The first kappa shape index (κ1) is 18.6. The van der Waals surface area contributed by atoms with Gasteiger partial charge in [0, 0.05) is 61.4 Å². The van der Waals surface area contributed by atoms with Gasteiger partial charge in [0.2, 0.25) is 0 Å². The van der Waals surface area contributed by atoms with E-state index in [1.54, 1.807) is 12.5 Å². The van der Waals surface area contributed by atoms with Gasteiger partial charge in [-0.2, -0.15) is 0 Å². The maximum atomic E-state index is 12.9. The van der Waals surface area contributed by atoms with Crippen molar-refractivity contribution in [1.29, 1.82) is 0 Å². The van der Waals surface area contributed by atoms with Crippen molar-refractivity contribution >= 4 is 23.2 Å². The molecule has 6 heteroatoms. The fourth-order valence-electron chi connectivity index (χ4n) is 3.60. The number of nitrogens with zero attached hydrogens (tertiary/aromatic N) is 4. The third-order valence-corrected chi connectivity index (χ3v) is 5.44. The summed E-state index contributed by atoms with van der Waals surface area (Å²) in [7, 11) is 0. The number of benzene rings is 2. The Balaban J connectivity index is 1.38. The molecule has 0 N–H and O–H groups in total. The van der Waals surface area contributed by atoms with Crippen molar-refractivity contribution in [3.05, 3.63) is 82.9 Å². The highest BCUT2D eigenvalue weighted by atomic mass is 35.5. The largest absolute Gasteiger partial charge is 0.368 e. The molecule has 0 saturated carbocycles. The molecule has 0 aliphatic carbocycles. The molecule has 1 aromatic heterocycles. The molecule has 28 heavy (non-hydrogen) atoms. The Labute approximate surface area is 170 Å². The average Bonchev–Trinajstić information content (AvgIpc) is 3.23. The number of carbonyl (C=O) groups is 1. The molecule has 3 aromatic rings. The lowest BCUT2D eigenvalue weighted by atomic mass is 10.1. The third-order valence-electron chi connectivity index (χ3n) is 5.20. The minimum Gasteiger partial charge on any atom is -0.368 e. The summed E-state index contributed by atoms with van der Waals surface area (Å²) in [5, 5.41) is 0.745. The average molecular weight is 395 g/mol. The van der Waals surface area contributed by atoms with Crippen molar-refractivity contribution < 1.29 is 4.79 Å². The zero-order chi connectivity index (χ0) is 19.5. The molecule has 0 spiro atoms. The van der Waals surface area contributed by atoms with Crippen molar-refractivity contribution in [1.82, 2.24) is 14.5 Å². The van der Waals surface area contributed by atoms with Crippen LogP contribution in [0.4, 0.5) is 5.69 Å². The molecule has 1 amide bonds. The Morgan fingerprint density at radius 2 is 1.82 bits per heavy atom. The maximum Gasteiger partial charge on any atom is 0.253 e. The van der Waals surface area contributed by atoms with Crippen LogP contribution in [0.5, 0.6) is 0 Å². The van der Waals surface area contributed by atoms with Gasteiger partial charge in [0.1, 0.15) is 0 Å². The highest BCUT2D eigenvalue weighted by Crippen LogP contribution is 2.25. The molecule has 2 aromatic carbocycles. The van der Waals surface area contributed by atoms with Crippen LogP contribution in [0.3, 0.4) is 0 Å². The third kappa shape index (κ3) is 4.04. The smallest absolute Gasteiger partial charge is 0.253 e. The second-order valence-electron chi connectivity index (χ2n) is 7.14. The number of rotatable bonds is 4. The van der Waals surface area contributed by atoms with Crippen LogP contribution >= 0.6 is 11.6 Å². The minimum absolute atomic E-state index is 0.0941. The van der Waals surface area contributed by atoms with Crippen molar-refractivity contribution in [3.63, 3.8) is 0 Å². The monoisotopic (exact) mass is 394 g/mol. The van der Waals surface area contributed by atoms with Gasteiger partial charge in [0.15, 0.2) is 0 Å². The summed E-state index contributed by atoms with van der Waals surface area (Å²) in [6, 6.07) is 13.8. The molecule has 2 heterocycles. The quantitative estimate of drug-likeness (QED) is 0.674. The van der Waals surface area contributed by atoms with Crippen LogP contribution in [0.25, 0.3) is 0 Å². The summed E-state index contributed by atoms with van der Waals surface area (Å²) < 4.78 is 2.01. The SMILES string of the molecule is Cc1ccc(Cl)cc1N1CCN(C(=O)c2ccc(Cn3ccnc3)cc2)CC1. The number of imidazole rings is 1. The highest BCUT2D eigenvalue weighted by molar-refractivity contribution is 6.30. The molecule has 0 atom stereocenters. The van der Waals surface area contributed by atoms with E-state index in [-0.39, 0.29) is 5.91 Å². The normalized spacial score (nSPS) is 14.4. The van der Waals surface area contributed by atoms with E-state index in [4.69, 9.17) is 11.6 Å². The van der Waals surface area contributed by atoms with E-state index in [1.165, 1.54) is 5.56 Å². The molecule has 1 saturated heterocycles. The predicted molar refractivity (Wildman–Crippen MR) is 112 cm³/mol. The maximum absolute atomic E-state index is 12.9. The fourth-order valence-corrected chi connectivity index (χ4v) is 3.77. The van der Waals surface area contributed by atoms with Crippen molar-refractivity contribution in [2.45, 2.75) is 13.5 Å². The van der Waals surface area contributed by atoms with Crippen LogP contribution in [-0.4, -0.2) is 46.5 Å². The zero-order valence-corrected chi connectivity index (χ0v) is 16.6. The van der Waals surface area contributed by atoms with Crippen LogP contribution < -0.4 is 4.90 Å². The van der Waals surface area contributed by atoms with E-state index >= 15 is 0 Å². The number of halogens is 1. The lowest BCUT2D eigenvalue weighted by molar-refractivity contribution is 0.0747. The van der Waals surface area contributed by atoms with Gasteiger partial charge in [-0.1, -0.05) is 29.8 Å². The summed E-state index contributed by atoms with van der Waals surface area (Å²) in [5.41, 5.74) is 4.25. The molecular formula is C22H23ClN4O. The lowest BCUT2D eigenvalue weighted by Crippen LogP contribution is -2.49. The number of anilines is 1. The molecule has 0 unspecified atom stereocenters. The Morgan fingerprint density at radius 3 is 2.50 bits per heavy atom. The number of hydrogen-bond acceptors (Lipinski definition) is 3. The number of aryl methyl sites for hydroxylation is 1. The first-order chi connectivity index (χ1) is 13.6. The molecule has 5 nitrogen and oxygen atoms in total. The minimum atomic E-state index is 0.0941. The van der Waals surface area contributed by atoms with Crippen molar-refractivity contribution in [2.75, 3.05) is 31.1 Å². The lowest BCUT2D eigenvalue weighted by Gasteiger charge is -2.37. The Hall–Kier alpha value is -2.79. The van der Waals surface area contributed by atoms with Gasteiger partial charge < -0.3 is 14.4 Å². The summed E-state index contributed by atoms with van der Waals surface area (Å²) in [5.74, 6) is 0.0941. The van der Waals surface area contributed by atoms with Crippen LogP contribution in [0.1, 0.15) is 21.5 Å². The van der Waals surface area contributed by atoms with Gasteiger partial charge in [-0.15, -0.1) is 0 Å². The van der Waals surface area contributed by atoms with E-state index in [2.05, 4.69) is 16.8 Å². The summed E-state index contributed by atoms with van der Waals surface area (Å²) in [6.07, 6.45) is 5.49. The molecule has 0 radical (unpaired) electrons. The van der Waals surface area contributed by atoms with E-state index < -0.39 is 0 Å². The molecular weight excluding hydrogens is 372 g/mol. The Kier molecular flexibility index (Phi) is 5.35. The van der Waals surface area contributed by atoms with E-state index in [0.717, 1.165) is 41.5 Å². The number of piperazine rings is 1. The molecule has 1 aliphatic rings. The first-order valence-electron chi connectivity index (χ1n) is 9.45. The second-order valence-corrected chi connectivity index (χ2v) is 7.58. The number of amides is 1. The molecule has 1 fully saturated rings. The highest BCUT2D eigenvalue weighted by Gasteiger charge is 2.23. The Bertz CT molecular complexity index is 945. The van der Waals surface area contributed by atoms with Crippen molar-refractivity contribution in [2.24, 2.45) is 0 Å². The van der Waals surface area contributed by atoms with E-state index in [0.29, 0.717) is 13.1 Å². The molecule has 144 valence electrons. The molecule has 0 bridgehead atoms.